The van der Waals surface area contributed by atoms with Crippen LogP contribution in [0.25, 0.3) is 0 Å². The van der Waals surface area contributed by atoms with Crippen molar-refractivity contribution in [3.63, 3.8) is 0 Å². The van der Waals surface area contributed by atoms with Crippen molar-refractivity contribution in [1.82, 2.24) is 9.21 Å². The summed E-state index contributed by atoms with van der Waals surface area (Å²) in [6.07, 6.45) is 0. The van der Waals surface area contributed by atoms with E-state index in [1.165, 1.54) is 35.5 Å². The van der Waals surface area contributed by atoms with Crippen LogP contribution in [-0.4, -0.2) is 60.8 Å². The van der Waals surface area contributed by atoms with Crippen LogP contribution in [0.3, 0.4) is 0 Å². The molecule has 21 heavy (non-hydrogen) atoms. The van der Waals surface area contributed by atoms with Gasteiger partial charge >= 0.3 is 5.97 Å². The van der Waals surface area contributed by atoms with E-state index in [-0.39, 0.29) is 29.5 Å². The first-order chi connectivity index (χ1) is 9.84. The number of rotatable bonds is 3. The van der Waals surface area contributed by atoms with Crippen LogP contribution in [0, 0.1) is 0 Å². The van der Waals surface area contributed by atoms with Gasteiger partial charge in [-0.25, -0.2) is 13.2 Å². The van der Waals surface area contributed by atoms with Crippen LogP contribution in [0.2, 0.25) is 0 Å². The van der Waals surface area contributed by atoms with E-state index in [9.17, 15) is 18.0 Å². The average molecular weight is 312 g/mol. The van der Waals surface area contributed by atoms with Gasteiger partial charge in [0, 0.05) is 33.1 Å². The maximum Gasteiger partial charge on any atom is 0.337 e. The molecule has 1 aliphatic heterocycles. The van der Waals surface area contributed by atoms with Crippen molar-refractivity contribution in [2.24, 2.45) is 0 Å². The number of amides is 1. The number of carbonyl (C=O) groups excluding carboxylic acids is 1. The molecular weight excluding hydrogens is 296 g/mol. The first-order valence-electron chi connectivity index (χ1n) is 6.42. The predicted molar refractivity (Wildman–Crippen MR) is 74.4 cm³/mol. The van der Waals surface area contributed by atoms with Gasteiger partial charge in [-0.15, -0.1) is 0 Å². The number of carbonyl (C=O) groups is 2. The van der Waals surface area contributed by atoms with Crippen molar-refractivity contribution in [3.05, 3.63) is 29.8 Å². The Hall–Kier alpha value is -1.93. The quantitative estimate of drug-likeness (QED) is 0.862. The molecule has 0 saturated carbocycles. The Kier molecular flexibility index (Phi) is 4.29. The molecule has 8 heteroatoms. The van der Waals surface area contributed by atoms with Gasteiger partial charge in [0.05, 0.1) is 10.5 Å². The highest BCUT2D eigenvalue weighted by atomic mass is 32.2. The third-order valence-electron chi connectivity index (χ3n) is 3.42. The Bertz CT molecular complexity index is 663. The second-order valence-electron chi connectivity index (χ2n) is 4.71. The highest BCUT2D eigenvalue weighted by Gasteiger charge is 2.31. The Balaban J connectivity index is 2.28. The Morgan fingerprint density at radius 1 is 1.10 bits per heavy atom. The zero-order chi connectivity index (χ0) is 15.6. The fourth-order valence-electron chi connectivity index (χ4n) is 2.25. The molecule has 1 saturated heterocycles. The van der Waals surface area contributed by atoms with Gasteiger partial charge in [0.15, 0.2) is 0 Å². The lowest BCUT2D eigenvalue weighted by atomic mass is 10.2. The number of benzene rings is 1. The summed E-state index contributed by atoms with van der Waals surface area (Å²) in [7, 11) is -3.87. The summed E-state index contributed by atoms with van der Waals surface area (Å²) in [5.74, 6) is -1.38. The Labute approximate surface area is 122 Å². The number of nitrogens with zero attached hydrogens (tertiary/aromatic N) is 2. The number of sulfonamides is 1. The van der Waals surface area contributed by atoms with Gasteiger partial charge < -0.3 is 10.0 Å². The third kappa shape index (κ3) is 3.06. The molecule has 0 aromatic heterocycles. The highest BCUT2D eigenvalue weighted by Crippen LogP contribution is 2.21. The lowest BCUT2D eigenvalue weighted by Gasteiger charge is -2.33. The van der Waals surface area contributed by atoms with Crippen LogP contribution in [0.5, 0.6) is 0 Å². The largest absolute Gasteiger partial charge is 0.478 e. The molecule has 0 unspecified atom stereocenters. The molecule has 1 aromatic rings. The number of piperazine rings is 1. The van der Waals surface area contributed by atoms with E-state index >= 15 is 0 Å². The second kappa shape index (κ2) is 5.82. The predicted octanol–water partition coefficient (Wildman–Crippen LogP) is 0.238. The van der Waals surface area contributed by atoms with Gasteiger partial charge in [0.1, 0.15) is 0 Å². The smallest absolute Gasteiger partial charge is 0.337 e. The van der Waals surface area contributed by atoms with E-state index in [2.05, 4.69) is 0 Å². The van der Waals surface area contributed by atoms with Gasteiger partial charge in [0.25, 0.3) is 0 Å². The summed E-state index contributed by atoms with van der Waals surface area (Å²) < 4.78 is 26.3. The van der Waals surface area contributed by atoms with E-state index in [4.69, 9.17) is 5.11 Å². The fourth-order valence-corrected chi connectivity index (χ4v) is 3.86. The zero-order valence-corrected chi connectivity index (χ0v) is 12.3. The van der Waals surface area contributed by atoms with E-state index < -0.39 is 16.0 Å². The minimum Gasteiger partial charge on any atom is -0.478 e. The second-order valence-corrected chi connectivity index (χ2v) is 6.62. The van der Waals surface area contributed by atoms with Crippen molar-refractivity contribution in [2.75, 3.05) is 26.2 Å². The van der Waals surface area contributed by atoms with Gasteiger partial charge in [0.2, 0.25) is 15.9 Å². The van der Waals surface area contributed by atoms with Gasteiger partial charge in [-0.1, -0.05) is 12.1 Å². The van der Waals surface area contributed by atoms with Crippen LogP contribution >= 0.6 is 0 Å². The van der Waals surface area contributed by atoms with Crippen LogP contribution in [0.4, 0.5) is 0 Å². The fraction of sp³-hybridized carbons (Fsp3) is 0.385. The van der Waals surface area contributed by atoms with Gasteiger partial charge in [-0.3, -0.25) is 4.79 Å². The molecule has 1 N–H and O–H groups in total. The average Bonchev–Trinajstić information content (AvgIpc) is 2.47. The summed E-state index contributed by atoms with van der Waals surface area (Å²) in [4.78, 5) is 23.8. The van der Waals surface area contributed by atoms with Crippen LogP contribution in [0.15, 0.2) is 29.2 Å². The van der Waals surface area contributed by atoms with Crippen molar-refractivity contribution in [1.29, 1.82) is 0 Å². The minimum absolute atomic E-state index is 0.0991. The molecule has 1 aromatic carbocycles. The summed E-state index contributed by atoms with van der Waals surface area (Å²) in [5.41, 5.74) is -0.244. The summed E-state index contributed by atoms with van der Waals surface area (Å²) in [5, 5.41) is 9.11. The first kappa shape index (κ1) is 15.5. The van der Waals surface area contributed by atoms with Crippen LogP contribution < -0.4 is 0 Å². The molecule has 0 bridgehead atoms. The topological polar surface area (TPSA) is 95.0 Å². The molecule has 0 atom stereocenters. The van der Waals surface area contributed by atoms with Crippen molar-refractivity contribution in [3.8, 4) is 0 Å². The molecule has 7 nitrogen and oxygen atoms in total. The van der Waals surface area contributed by atoms with E-state index in [1.54, 1.807) is 4.90 Å². The summed E-state index contributed by atoms with van der Waals surface area (Å²) >= 11 is 0. The molecule has 0 radical (unpaired) electrons. The first-order valence-corrected chi connectivity index (χ1v) is 7.86. The monoisotopic (exact) mass is 312 g/mol. The zero-order valence-electron chi connectivity index (χ0n) is 11.5. The molecule has 2 rings (SSSR count). The van der Waals surface area contributed by atoms with Crippen LogP contribution in [0.1, 0.15) is 17.3 Å². The van der Waals surface area contributed by atoms with E-state index in [0.29, 0.717) is 13.1 Å². The SMILES string of the molecule is CC(=O)N1CCN(S(=O)(=O)c2ccccc2C(=O)O)CC1. The third-order valence-corrected chi connectivity index (χ3v) is 5.38. The lowest BCUT2D eigenvalue weighted by Crippen LogP contribution is -2.50. The molecule has 114 valence electrons. The number of hydrogen-bond acceptors (Lipinski definition) is 4. The normalized spacial score (nSPS) is 16.7. The van der Waals surface area contributed by atoms with Crippen molar-refractivity contribution in [2.45, 2.75) is 11.8 Å². The molecular formula is C13H16N2O5S. The summed E-state index contributed by atoms with van der Waals surface area (Å²) in [6, 6.07) is 5.53. The van der Waals surface area contributed by atoms with Crippen molar-refractivity contribution < 1.29 is 23.1 Å². The maximum absolute atomic E-state index is 12.5. The molecule has 1 amide bonds. The number of carboxylic acid groups (broad SMARTS) is 1. The standard InChI is InChI=1S/C13H16N2O5S/c1-10(16)14-6-8-15(9-7-14)21(19,20)12-5-3-2-4-11(12)13(17)18/h2-5H,6-9H2,1H3,(H,17,18). The van der Waals surface area contributed by atoms with Gasteiger partial charge in [-0.2, -0.15) is 4.31 Å². The van der Waals surface area contributed by atoms with E-state index in [0.717, 1.165) is 0 Å². The van der Waals surface area contributed by atoms with Gasteiger partial charge in [-0.05, 0) is 12.1 Å². The minimum atomic E-state index is -3.87. The van der Waals surface area contributed by atoms with Crippen LogP contribution in [-0.2, 0) is 14.8 Å². The summed E-state index contributed by atoms with van der Waals surface area (Å²) in [6.45, 7) is 2.38. The van der Waals surface area contributed by atoms with Crippen molar-refractivity contribution >= 4 is 21.9 Å². The number of aromatic carboxylic acids is 1. The molecule has 0 aliphatic carbocycles. The molecule has 0 spiro atoms. The number of carboxylic acids is 1. The maximum atomic E-state index is 12.5. The lowest BCUT2D eigenvalue weighted by molar-refractivity contribution is -0.129. The highest BCUT2D eigenvalue weighted by molar-refractivity contribution is 7.89. The Morgan fingerprint density at radius 2 is 1.67 bits per heavy atom. The molecule has 1 fully saturated rings. The van der Waals surface area contributed by atoms with E-state index in [1.807, 2.05) is 0 Å². The Morgan fingerprint density at radius 3 is 2.19 bits per heavy atom. The molecule has 1 heterocycles. The number of hydrogen-bond donors (Lipinski definition) is 1. The molecule has 1 aliphatic rings.